The zero-order valence-electron chi connectivity index (χ0n) is 7.80. The second-order valence-corrected chi connectivity index (χ2v) is 3.89. The van der Waals surface area contributed by atoms with Crippen LogP contribution in [0.5, 0.6) is 5.75 Å². The Morgan fingerprint density at radius 2 is 2.29 bits per heavy atom. The molecule has 0 fully saturated rings. The summed E-state index contributed by atoms with van der Waals surface area (Å²) in [6.07, 6.45) is 0. The van der Waals surface area contributed by atoms with Gasteiger partial charge in [-0.1, -0.05) is 0 Å². The van der Waals surface area contributed by atoms with Crippen molar-refractivity contribution in [2.75, 3.05) is 7.11 Å². The minimum atomic E-state index is 0.509. The topological polar surface area (TPSA) is 51.0 Å². The highest BCUT2D eigenvalue weighted by atomic mass is 79.9. The van der Waals surface area contributed by atoms with Gasteiger partial charge in [0, 0.05) is 23.1 Å². The second-order valence-electron chi connectivity index (χ2n) is 3.04. The van der Waals surface area contributed by atoms with E-state index in [-0.39, 0.29) is 0 Å². The minimum absolute atomic E-state index is 0.509. The minimum Gasteiger partial charge on any atom is -0.495 e. The molecule has 14 heavy (non-hydrogen) atoms. The first-order chi connectivity index (χ1) is 6.76. The summed E-state index contributed by atoms with van der Waals surface area (Å²) in [6.45, 7) is 0.509. The van der Waals surface area contributed by atoms with E-state index in [9.17, 15) is 0 Å². The summed E-state index contributed by atoms with van der Waals surface area (Å²) in [6, 6.07) is 5.97. The van der Waals surface area contributed by atoms with Crippen LogP contribution in [0.2, 0.25) is 0 Å². The lowest BCUT2D eigenvalue weighted by Gasteiger charge is -2.03. The number of hydrogen-bond acceptors (Lipinski definition) is 2. The quantitative estimate of drug-likeness (QED) is 0.865. The van der Waals surface area contributed by atoms with E-state index in [0.29, 0.717) is 6.54 Å². The number of nitrogens with two attached hydrogens (primary N) is 1. The van der Waals surface area contributed by atoms with Crippen molar-refractivity contribution in [1.29, 1.82) is 0 Å². The van der Waals surface area contributed by atoms with Gasteiger partial charge in [0.05, 0.1) is 11.6 Å². The van der Waals surface area contributed by atoms with Gasteiger partial charge in [-0.05, 0) is 34.1 Å². The smallest absolute Gasteiger partial charge is 0.142 e. The number of methoxy groups -OCH3 is 1. The molecule has 74 valence electrons. The molecule has 0 radical (unpaired) electrons. The van der Waals surface area contributed by atoms with E-state index in [4.69, 9.17) is 10.5 Å². The van der Waals surface area contributed by atoms with E-state index < -0.39 is 0 Å². The van der Waals surface area contributed by atoms with E-state index in [1.807, 2.05) is 18.2 Å². The number of halogens is 1. The molecule has 4 heteroatoms. The number of benzene rings is 1. The highest BCUT2D eigenvalue weighted by Gasteiger charge is 2.08. The summed E-state index contributed by atoms with van der Waals surface area (Å²) in [7, 11) is 1.66. The van der Waals surface area contributed by atoms with E-state index in [1.54, 1.807) is 7.11 Å². The fourth-order valence-corrected chi connectivity index (χ4v) is 2.03. The molecule has 2 aromatic rings. The number of hydrogen-bond donors (Lipinski definition) is 2. The van der Waals surface area contributed by atoms with Crippen LogP contribution in [0, 0.1) is 0 Å². The average Bonchev–Trinajstić information content (AvgIpc) is 2.60. The predicted molar refractivity (Wildman–Crippen MR) is 60.4 cm³/mol. The van der Waals surface area contributed by atoms with Crippen molar-refractivity contribution in [2.24, 2.45) is 5.73 Å². The Morgan fingerprint density at radius 1 is 1.50 bits per heavy atom. The molecule has 0 aliphatic carbocycles. The third-order valence-corrected chi connectivity index (χ3v) is 2.81. The first kappa shape index (κ1) is 9.55. The standard InChI is InChI=1S/C10H11BrN2O/c1-14-10-7-4-6(5-12)13-9(7)3-2-8(10)11/h2-4,13H,5,12H2,1H3. The maximum absolute atomic E-state index is 5.56. The lowest BCUT2D eigenvalue weighted by Crippen LogP contribution is -1.94. The average molecular weight is 255 g/mol. The van der Waals surface area contributed by atoms with Crippen LogP contribution in [-0.4, -0.2) is 12.1 Å². The molecular formula is C10H11BrN2O. The summed E-state index contributed by atoms with van der Waals surface area (Å²) in [5.74, 6) is 0.846. The predicted octanol–water partition coefficient (Wildman–Crippen LogP) is 2.40. The van der Waals surface area contributed by atoms with Crippen LogP contribution in [0.25, 0.3) is 10.9 Å². The highest BCUT2D eigenvalue weighted by molar-refractivity contribution is 9.10. The third kappa shape index (κ3) is 1.40. The van der Waals surface area contributed by atoms with Gasteiger partial charge in [0.1, 0.15) is 5.75 Å². The van der Waals surface area contributed by atoms with Crippen LogP contribution >= 0.6 is 15.9 Å². The van der Waals surface area contributed by atoms with Gasteiger partial charge in [0.15, 0.2) is 0 Å². The van der Waals surface area contributed by atoms with Crippen LogP contribution in [-0.2, 0) is 6.54 Å². The number of rotatable bonds is 2. The van der Waals surface area contributed by atoms with Gasteiger partial charge >= 0.3 is 0 Å². The summed E-state index contributed by atoms with van der Waals surface area (Å²) in [4.78, 5) is 3.22. The molecule has 2 rings (SSSR count). The van der Waals surface area contributed by atoms with Crippen LogP contribution in [0.1, 0.15) is 5.69 Å². The van der Waals surface area contributed by atoms with Gasteiger partial charge in [-0.15, -0.1) is 0 Å². The van der Waals surface area contributed by atoms with Gasteiger partial charge in [-0.25, -0.2) is 0 Å². The molecule has 3 N–H and O–H groups in total. The molecule has 0 amide bonds. The van der Waals surface area contributed by atoms with E-state index >= 15 is 0 Å². The van der Waals surface area contributed by atoms with Crippen LogP contribution in [0.4, 0.5) is 0 Å². The molecule has 1 heterocycles. The maximum atomic E-state index is 5.56. The monoisotopic (exact) mass is 254 g/mol. The van der Waals surface area contributed by atoms with Gasteiger partial charge < -0.3 is 15.5 Å². The van der Waals surface area contributed by atoms with Gasteiger partial charge in [-0.2, -0.15) is 0 Å². The first-order valence-electron chi connectivity index (χ1n) is 4.30. The largest absolute Gasteiger partial charge is 0.495 e. The lowest BCUT2D eigenvalue weighted by atomic mass is 10.2. The Bertz CT molecular complexity index is 464. The fraction of sp³-hybridized carbons (Fsp3) is 0.200. The fourth-order valence-electron chi connectivity index (χ4n) is 1.53. The van der Waals surface area contributed by atoms with Crippen molar-refractivity contribution in [2.45, 2.75) is 6.54 Å². The zero-order chi connectivity index (χ0) is 10.1. The Balaban J connectivity index is 2.73. The van der Waals surface area contributed by atoms with Gasteiger partial charge in [-0.3, -0.25) is 0 Å². The molecule has 0 aliphatic heterocycles. The lowest BCUT2D eigenvalue weighted by molar-refractivity contribution is 0.417. The molecule has 0 spiro atoms. The zero-order valence-corrected chi connectivity index (χ0v) is 9.39. The summed E-state index contributed by atoms with van der Waals surface area (Å²) in [5.41, 5.74) is 7.62. The van der Waals surface area contributed by atoms with Crippen molar-refractivity contribution in [3.63, 3.8) is 0 Å². The van der Waals surface area contributed by atoms with E-state index in [2.05, 4.69) is 20.9 Å². The molecule has 1 aromatic carbocycles. The molecule has 0 saturated carbocycles. The number of ether oxygens (including phenoxy) is 1. The van der Waals surface area contributed by atoms with Crippen molar-refractivity contribution in [3.05, 3.63) is 28.4 Å². The third-order valence-electron chi connectivity index (χ3n) is 2.19. The molecule has 3 nitrogen and oxygen atoms in total. The van der Waals surface area contributed by atoms with Gasteiger partial charge in [0.2, 0.25) is 0 Å². The number of fused-ring (bicyclic) bond motifs is 1. The summed E-state index contributed by atoms with van der Waals surface area (Å²) < 4.78 is 6.26. The van der Waals surface area contributed by atoms with Crippen LogP contribution < -0.4 is 10.5 Å². The molecule has 0 aliphatic rings. The Hall–Kier alpha value is -1.00. The molecule has 1 aromatic heterocycles. The van der Waals surface area contributed by atoms with Crippen molar-refractivity contribution >= 4 is 26.8 Å². The van der Waals surface area contributed by atoms with Crippen molar-refractivity contribution in [1.82, 2.24) is 4.98 Å². The van der Waals surface area contributed by atoms with Crippen LogP contribution in [0.15, 0.2) is 22.7 Å². The molecule has 0 unspecified atom stereocenters. The maximum Gasteiger partial charge on any atom is 0.142 e. The van der Waals surface area contributed by atoms with Crippen molar-refractivity contribution < 1.29 is 4.74 Å². The number of aromatic nitrogens is 1. The second kappa shape index (κ2) is 3.63. The number of nitrogens with one attached hydrogen (secondary N) is 1. The van der Waals surface area contributed by atoms with E-state index in [0.717, 1.165) is 26.8 Å². The molecular weight excluding hydrogens is 244 g/mol. The Kier molecular flexibility index (Phi) is 2.48. The molecule has 0 saturated heterocycles. The highest BCUT2D eigenvalue weighted by Crippen LogP contribution is 2.33. The van der Waals surface area contributed by atoms with Gasteiger partial charge in [0.25, 0.3) is 0 Å². The number of H-pyrrole nitrogens is 1. The Labute approximate surface area is 90.4 Å². The molecule has 0 atom stereocenters. The first-order valence-corrected chi connectivity index (χ1v) is 5.09. The van der Waals surface area contributed by atoms with Crippen molar-refractivity contribution in [3.8, 4) is 5.75 Å². The molecule has 0 bridgehead atoms. The van der Waals surface area contributed by atoms with Crippen LogP contribution in [0.3, 0.4) is 0 Å². The number of aromatic amines is 1. The SMILES string of the molecule is COc1c(Br)ccc2[nH]c(CN)cc12. The Morgan fingerprint density at radius 3 is 2.93 bits per heavy atom. The summed E-state index contributed by atoms with van der Waals surface area (Å²) in [5, 5.41) is 1.06. The van der Waals surface area contributed by atoms with E-state index in [1.165, 1.54) is 0 Å². The summed E-state index contributed by atoms with van der Waals surface area (Å²) >= 11 is 3.44. The normalized spacial score (nSPS) is 10.8.